The van der Waals surface area contributed by atoms with E-state index in [4.69, 9.17) is 23.2 Å². The lowest BCUT2D eigenvalue weighted by atomic mass is 10.1. The zero-order valence-corrected chi connectivity index (χ0v) is 8.82. The predicted molar refractivity (Wildman–Crippen MR) is 55.6 cm³/mol. The molecule has 0 fully saturated rings. The van der Waals surface area contributed by atoms with Crippen LogP contribution in [0, 0.1) is 0 Å². The molecule has 0 saturated heterocycles. The monoisotopic (exact) mass is 216 g/mol. The molecule has 1 nitrogen and oxygen atoms in total. The average molecular weight is 217 g/mol. The minimum Gasteiger partial charge on any atom is -0.294 e. The molecule has 1 aromatic carbocycles. The van der Waals surface area contributed by atoms with E-state index in [9.17, 15) is 4.79 Å². The summed E-state index contributed by atoms with van der Waals surface area (Å²) in [6.45, 7) is 1.83. The van der Waals surface area contributed by atoms with Crippen LogP contribution >= 0.6 is 23.2 Å². The van der Waals surface area contributed by atoms with E-state index in [0.29, 0.717) is 22.9 Å². The van der Waals surface area contributed by atoms with E-state index in [1.54, 1.807) is 18.2 Å². The summed E-state index contributed by atoms with van der Waals surface area (Å²) in [5.74, 6) is 0.451. The summed E-state index contributed by atoms with van der Waals surface area (Å²) in [5, 5.41) is 0.614. The van der Waals surface area contributed by atoms with E-state index in [1.165, 1.54) is 0 Å². The van der Waals surface area contributed by atoms with Gasteiger partial charge in [-0.25, -0.2) is 0 Å². The lowest BCUT2D eigenvalue weighted by Crippen LogP contribution is -1.97. The third kappa shape index (κ3) is 2.45. The average Bonchev–Trinajstić information content (AvgIpc) is 2.17. The summed E-state index contributed by atoms with van der Waals surface area (Å²) < 4.78 is 0. The van der Waals surface area contributed by atoms with E-state index in [2.05, 4.69) is 0 Å². The highest BCUT2D eigenvalue weighted by molar-refractivity contribution is 6.32. The quantitative estimate of drug-likeness (QED) is 0.557. The van der Waals surface area contributed by atoms with Gasteiger partial charge in [0, 0.05) is 22.9 Å². The summed E-state index contributed by atoms with van der Waals surface area (Å²) >= 11 is 11.5. The zero-order valence-electron chi connectivity index (χ0n) is 7.31. The molecule has 0 aliphatic heterocycles. The predicted octanol–water partition coefficient (Wildman–Crippen LogP) is 3.67. The second kappa shape index (κ2) is 4.64. The highest BCUT2D eigenvalue weighted by atomic mass is 35.5. The maximum atomic E-state index is 11.3. The normalized spacial score (nSPS) is 10.1. The van der Waals surface area contributed by atoms with Crippen molar-refractivity contribution in [1.82, 2.24) is 0 Å². The number of carbonyl (C=O) groups is 1. The SMILES string of the molecule is CCC(=O)c1ccc(Cl)c(CCl)c1. The van der Waals surface area contributed by atoms with Crippen molar-refractivity contribution in [3.05, 3.63) is 34.3 Å². The third-order valence-electron chi connectivity index (χ3n) is 1.83. The van der Waals surface area contributed by atoms with Gasteiger partial charge in [-0.05, 0) is 23.8 Å². The molecule has 0 aromatic heterocycles. The Kier molecular flexibility index (Phi) is 3.76. The van der Waals surface area contributed by atoms with Crippen molar-refractivity contribution in [2.45, 2.75) is 19.2 Å². The molecule has 0 N–H and O–H groups in total. The van der Waals surface area contributed by atoms with Gasteiger partial charge < -0.3 is 0 Å². The number of ketones is 1. The van der Waals surface area contributed by atoms with Gasteiger partial charge in [0.05, 0.1) is 0 Å². The lowest BCUT2D eigenvalue weighted by molar-refractivity contribution is 0.0988. The Bertz CT molecular complexity index is 321. The molecule has 0 amide bonds. The van der Waals surface area contributed by atoms with Crippen LogP contribution in [0.2, 0.25) is 5.02 Å². The highest BCUT2D eigenvalue weighted by Crippen LogP contribution is 2.20. The maximum Gasteiger partial charge on any atom is 0.162 e. The van der Waals surface area contributed by atoms with E-state index < -0.39 is 0 Å². The van der Waals surface area contributed by atoms with Crippen LogP contribution in [-0.4, -0.2) is 5.78 Å². The highest BCUT2D eigenvalue weighted by Gasteiger charge is 2.05. The largest absolute Gasteiger partial charge is 0.294 e. The second-order valence-corrected chi connectivity index (χ2v) is 3.39. The fourth-order valence-electron chi connectivity index (χ4n) is 1.05. The fraction of sp³-hybridized carbons (Fsp3) is 0.300. The van der Waals surface area contributed by atoms with Gasteiger partial charge in [-0.2, -0.15) is 0 Å². The van der Waals surface area contributed by atoms with Crippen molar-refractivity contribution < 1.29 is 4.79 Å². The number of hydrogen-bond acceptors (Lipinski definition) is 1. The minimum atomic E-state index is 0.114. The van der Waals surface area contributed by atoms with Gasteiger partial charge in [0.1, 0.15) is 0 Å². The number of halogens is 2. The summed E-state index contributed by atoms with van der Waals surface area (Å²) in [7, 11) is 0. The molecule has 0 unspecified atom stereocenters. The minimum absolute atomic E-state index is 0.114. The van der Waals surface area contributed by atoms with E-state index in [-0.39, 0.29) is 5.78 Å². The van der Waals surface area contributed by atoms with Crippen LogP contribution in [0.3, 0.4) is 0 Å². The molecule has 0 heterocycles. The molecule has 0 saturated carbocycles. The van der Waals surface area contributed by atoms with Gasteiger partial charge in [-0.3, -0.25) is 4.79 Å². The van der Waals surface area contributed by atoms with Crippen molar-refractivity contribution in [2.75, 3.05) is 0 Å². The maximum absolute atomic E-state index is 11.3. The van der Waals surface area contributed by atoms with Gasteiger partial charge in [-0.15, -0.1) is 11.6 Å². The molecule has 0 aliphatic rings. The molecule has 0 aliphatic carbocycles. The number of rotatable bonds is 3. The number of alkyl halides is 1. The molecule has 1 rings (SSSR count). The first kappa shape index (κ1) is 10.6. The second-order valence-electron chi connectivity index (χ2n) is 2.72. The van der Waals surface area contributed by atoms with Crippen LogP contribution in [0.1, 0.15) is 29.3 Å². The van der Waals surface area contributed by atoms with Crippen LogP contribution in [0.5, 0.6) is 0 Å². The molecule has 0 radical (unpaired) electrons. The number of benzene rings is 1. The van der Waals surface area contributed by atoms with Crippen molar-refractivity contribution in [3.8, 4) is 0 Å². The Hall–Kier alpha value is -0.530. The molecule has 70 valence electrons. The summed E-state index contributed by atoms with van der Waals surface area (Å²) in [6, 6.07) is 5.19. The summed E-state index contributed by atoms with van der Waals surface area (Å²) in [4.78, 5) is 11.3. The molecule has 13 heavy (non-hydrogen) atoms. The van der Waals surface area contributed by atoms with Crippen molar-refractivity contribution >= 4 is 29.0 Å². The molecule has 1 aromatic rings. The Balaban J connectivity index is 3.06. The van der Waals surface area contributed by atoms with E-state index in [0.717, 1.165) is 5.56 Å². The van der Waals surface area contributed by atoms with Crippen LogP contribution < -0.4 is 0 Å². The van der Waals surface area contributed by atoms with Gasteiger partial charge in [0.25, 0.3) is 0 Å². The third-order valence-corrected chi connectivity index (χ3v) is 2.49. The first-order valence-electron chi connectivity index (χ1n) is 4.06. The Morgan fingerprint density at radius 1 is 1.46 bits per heavy atom. The molecule has 3 heteroatoms. The first-order chi connectivity index (χ1) is 6.19. The van der Waals surface area contributed by atoms with Crippen LogP contribution in [0.15, 0.2) is 18.2 Å². The lowest BCUT2D eigenvalue weighted by Gasteiger charge is -2.02. The van der Waals surface area contributed by atoms with Gasteiger partial charge in [-0.1, -0.05) is 18.5 Å². The molecular weight excluding hydrogens is 207 g/mol. The molecule has 0 bridgehead atoms. The summed E-state index contributed by atoms with van der Waals surface area (Å²) in [5.41, 5.74) is 1.49. The van der Waals surface area contributed by atoms with Crippen LogP contribution in [-0.2, 0) is 5.88 Å². The van der Waals surface area contributed by atoms with Crippen molar-refractivity contribution in [1.29, 1.82) is 0 Å². The van der Waals surface area contributed by atoms with Crippen molar-refractivity contribution in [3.63, 3.8) is 0 Å². The zero-order chi connectivity index (χ0) is 9.84. The molecule has 0 atom stereocenters. The van der Waals surface area contributed by atoms with E-state index >= 15 is 0 Å². The number of carbonyl (C=O) groups excluding carboxylic acids is 1. The Morgan fingerprint density at radius 2 is 2.15 bits per heavy atom. The van der Waals surface area contributed by atoms with Gasteiger partial charge in [0.2, 0.25) is 0 Å². The van der Waals surface area contributed by atoms with E-state index in [1.807, 2.05) is 6.92 Å². The number of hydrogen-bond donors (Lipinski definition) is 0. The standard InChI is InChI=1S/C10H10Cl2O/c1-2-10(13)7-3-4-9(12)8(5-7)6-11/h3-5H,2,6H2,1H3. The molecule has 0 spiro atoms. The topological polar surface area (TPSA) is 17.1 Å². The fourth-order valence-corrected chi connectivity index (χ4v) is 1.53. The first-order valence-corrected chi connectivity index (χ1v) is 4.98. The van der Waals surface area contributed by atoms with Crippen LogP contribution in [0.25, 0.3) is 0 Å². The smallest absolute Gasteiger partial charge is 0.162 e. The van der Waals surface area contributed by atoms with Gasteiger partial charge in [0.15, 0.2) is 5.78 Å². The van der Waals surface area contributed by atoms with Crippen molar-refractivity contribution in [2.24, 2.45) is 0 Å². The Labute approximate surface area is 87.7 Å². The van der Waals surface area contributed by atoms with Gasteiger partial charge >= 0.3 is 0 Å². The van der Waals surface area contributed by atoms with Crippen LogP contribution in [0.4, 0.5) is 0 Å². The Morgan fingerprint density at radius 3 is 2.69 bits per heavy atom. The number of Topliss-reactive ketones (excluding diaryl/α,β-unsaturated/α-hetero) is 1. The summed E-state index contributed by atoms with van der Waals surface area (Å²) in [6.07, 6.45) is 0.503. The molecular formula is C10H10Cl2O.